The van der Waals surface area contributed by atoms with Crippen LogP contribution >= 0.6 is 15.9 Å². The molecular weight excluding hydrogens is 439 g/mol. The van der Waals surface area contributed by atoms with Crippen LogP contribution in [0.15, 0.2) is 65.4 Å². The fourth-order valence-electron chi connectivity index (χ4n) is 2.39. The molecule has 146 valence electrons. The minimum absolute atomic E-state index is 0.0316. The summed E-state index contributed by atoms with van der Waals surface area (Å²) < 4.78 is 44.1. The summed E-state index contributed by atoms with van der Waals surface area (Å²) in [7, 11) is 0. The third-order valence-electron chi connectivity index (χ3n) is 3.65. The Morgan fingerprint density at radius 3 is 2.64 bits per heavy atom. The fourth-order valence-corrected chi connectivity index (χ4v) is 2.65. The van der Waals surface area contributed by atoms with E-state index in [9.17, 15) is 18.0 Å². The minimum atomic E-state index is -4.44. The summed E-state index contributed by atoms with van der Waals surface area (Å²) in [6.07, 6.45) is -1.27. The predicted molar refractivity (Wildman–Crippen MR) is 101 cm³/mol. The number of nitrogens with one attached hydrogen (secondary N) is 1. The number of aromatic nitrogens is 2. The van der Waals surface area contributed by atoms with Crippen molar-refractivity contribution >= 4 is 27.5 Å². The maximum absolute atomic E-state index is 12.3. The summed E-state index contributed by atoms with van der Waals surface area (Å²) in [5.74, 6) is -0.503. The molecule has 1 aromatic heterocycles. The molecule has 3 aromatic rings. The summed E-state index contributed by atoms with van der Waals surface area (Å²) >= 11 is 3.37. The highest BCUT2D eigenvalue weighted by molar-refractivity contribution is 9.10. The predicted octanol–water partition coefficient (Wildman–Crippen LogP) is 4.89. The highest BCUT2D eigenvalue weighted by Gasteiger charge is 2.28. The average molecular weight is 454 g/mol. The second kappa shape index (κ2) is 8.47. The number of rotatable bonds is 6. The number of alkyl halides is 3. The first-order valence-electron chi connectivity index (χ1n) is 8.16. The number of anilines is 1. The van der Waals surface area contributed by atoms with Gasteiger partial charge < -0.3 is 10.1 Å². The van der Waals surface area contributed by atoms with Crippen LogP contribution in [0, 0.1) is 0 Å². The lowest BCUT2D eigenvalue weighted by Crippen LogP contribution is -2.19. The Labute approximate surface area is 167 Å². The first-order chi connectivity index (χ1) is 13.3. The lowest BCUT2D eigenvalue weighted by Gasteiger charge is -2.10. The van der Waals surface area contributed by atoms with Gasteiger partial charge in [-0.3, -0.25) is 9.48 Å². The molecule has 0 aliphatic rings. The van der Waals surface area contributed by atoms with E-state index in [2.05, 4.69) is 31.1 Å². The summed E-state index contributed by atoms with van der Waals surface area (Å²) in [5, 5.41) is 6.86. The van der Waals surface area contributed by atoms with Gasteiger partial charge in [-0.2, -0.15) is 18.3 Å². The Kier molecular flexibility index (Phi) is 6.03. The molecule has 1 amide bonds. The zero-order valence-corrected chi connectivity index (χ0v) is 16.0. The second-order valence-corrected chi connectivity index (χ2v) is 6.85. The number of nitrogens with zero attached hydrogens (tertiary/aromatic N) is 2. The van der Waals surface area contributed by atoms with Gasteiger partial charge in [0.15, 0.2) is 6.61 Å². The molecule has 3 rings (SSSR count). The Morgan fingerprint density at radius 1 is 1.18 bits per heavy atom. The molecule has 0 bridgehead atoms. The van der Waals surface area contributed by atoms with Crippen LogP contribution in [0.2, 0.25) is 0 Å². The lowest BCUT2D eigenvalue weighted by atomic mass is 10.2. The van der Waals surface area contributed by atoms with Crippen molar-refractivity contribution in [2.45, 2.75) is 12.7 Å². The van der Waals surface area contributed by atoms with E-state index in [4.69, 9.17) is 0 Å². The second-order valence-electron chi connectivity index (χ2n) is 5.94. The molecule has 0 fully saturated rings. The first-order valence-corrected chi connectivity index (χ1v) is 8.96. The summed E-state index contributed by atoms with van der Waals surface area (Å²) in [5.41, 5.74) is 1.70. The molecule has 0 radical (unpaired) electrons. The van der Waals surface area contributed by atoms with E-state index in [0.717, 1.165) is 10.0 Å². The third kappa shape index (κ3) is 5.85. The zero-order valence-electron chi connectivity index (χ0n) is 14.4. The molecule has 9 heteroatoms. The number of carbonyl (C=O) groups is 1. The van der Waals surface area contributed by atoms with Crippen LogP contribution in [0.3, 0.4) is 0 Å². The molecule has 0 unspecified atom stereocenters. The highest BCUT2D eigenvalue weighted by atomic mass is 79.9. The topological polar surface area (TPSA) is 56.2 Å². The van der Waals surface area contributed by atoms with E-state index >= 15 is 0 Å². The van der Waals surface area contributed by atoms with E-state index in [1.807, 2.05) is 24.3 Å². The van der Waals surface area contributed by atoms with E-state index < -0.39 is 18.7 Å². The molecule has 0 saturated heterocycles. The van der Waals surface area contributed by atoms with E-state index in [0.29, 0.717) is 12.2 Å². The van der Waals surface area contributed by atoms with Gasteiger partial charge in [-0.1, -0.05) is 34.1 Å². The molecule has 0 saturated carbocycles. The molecule has 0 aliphatic carbocycles. The number of hydrogen-bond acceptors (Lipinski definition) is 3. The SMILES string of the molecule is O=C(Nc1cnn(Cc2ccc(Br)cc2)c1)c1cccc(OCC(F)(F)F)c1. The van der Waals surface area contributed by atoms with Gasteiger partial charge in [0.25, 0.3) is 5.91 Å². The number of carbonyl (C=O) groups excluding carboxylic acids is 1. The van der Waals surface area contributed by atoms with Crippen molar-refractivity contribution in [3.05, 3.63) is 76.5 Å². The largest absolute Gasteiger partial charge is 0.484 e. The molecule has 1 heterocycles. The van der Waals surface area contributed by atoms with Gasteiger partial charge in [0.2, 0.25) is 0 Å². The van der Waals surface area contributed by atoms with Gasteiger partial charge in [0.1, 0.15) is 5.75 Å². The van der Waals surface area contributed by atoms with Crippen LogP contribution in [0.1, 0.15) is 15.9 Å². The van der Waals surface area contributed by atoms with Crippen molar-refractivity contribution < 1.29 is 22.7 Å². The molecule has 0 spiro atoms. The van der Waals surface area contributed by atoms with Crippen LogP contribution in [-0.2, 0) is 6.54 Å². The van der Waals surface area contributed by atoms with Gasteiger partial charge >= 0.3 is 6.18 Å². The summed E-state index contributed by atoms with van der Waals surface area (Å²) in [4.78, 5) is 12.3. The van der Waals surface area contributed by atoms with Crippen LogP contribution in [0.5, 0.6) is 5.75 Å². The maximum atomic E-state index is 12.3. The molecule has 5 nitrogen and oxygen atoms in total. The molecule has 2 aromatic carbocycles. The zero-order chi connectivity index (χ0) is 20.1. The minimum Gasteiger partial charge on any atom is -0.484 e. The molecular formula is C19H15BrF3N3O2. The van der Waals surface area contributed by atoms with Gasteiger partial charge in [-0.25, -0.2) is 0 Å². The Balaban J connectivity index is 1.62. The fraction of sp³-hybridized carbons (Fsp3) is 0.158. The van der Waals surface area contributed by atoms with Crippen molar-refractivity contribution in [2.24, 2.45) is 0 Å². The van der Waals surface area contributed by atoms with Crippen LogP contribution in [0.4, 0.5) is 18.9 Å². The number of benzene rings is 2. The molecule has 0 aliphatic heterocycles. The number of halogens is 4. The molecule has 28 heavy (non-hydrogen) atoms. The number of ether oxygens (including phenoxy) is 1. The van der Waals surface area contributed by atoms with Crippen molar-refractivity contribution in [3.8, 4) is 5.75 Å². The Morgan fingerprint density at radius 2 is 1.93 bits per heavy atom. The molecule has 1 N–H and O–H groups in total. The van der Waals surface area contributed by atoms with E-state index in [1.54, 1.807) is 10.9 Å². The van der Waals surface area contributed by atoms with Crippen LogP contribution < -0.4 is 10.1 Å². The first kappa shape index (κ1) is 19.9. The van der Waals surface area contributed by atoms with Crippen LogP contribution in [-0.4, -0.2) is 28.5 Å². The number of amides is 1. The van der Waals surface area contributed by atoms with E-state index in [1.165, 1.54) is 30.5 Å². The van der Waals surface area contributed by atoms with Crippen molar-refractivity contribution in [3.63, 3.8) is 0 Å². The highest BCUT2D eigenvalue weighted by Crippen LogP contribution is 2.20. The van der Waals surface area contributed by atoms with Crippen molar-refractivity contribution in [1.82, 2.24) is 9.78 Å². The van der Waals surface area contributed by atoms with Crippen LogP contribution in [0.25, 0.3) is 0 Å². The van der Waals surface area contributed by atoms with Gasteiger partial charge in [0.05, 0.1) is 18.4 Å². The van der Waals surface area contributed by atoms with Crippen molar-refractivity contribution in [1.29, 1.82) is 0 Å². The Bertz CT molecular complexity index is 956. The normalized spacial score (nSPS) is 11.3. The summed E-state index contributed by atoms with van der Waals surface area (Å²) in [6.45, 7) is -0.884. The maximum Gasteiger partial charge on any atom is 0.422 e. The molecule has 0 atom stereocenters. The lowest BCUT2D eigenvalue weighted by molar-refractivity contribution is -0.153. The van der Waals surface area contributed by atoms with Gasteiger partial charge in [-0.15, -0.1) is 0 Å². The van der Waals surface area contributed by atoms with E-state index in [-0.39, 0.29) is 11.3 Å². The number of hydrogen-bond donors (Lipinski definition) is 1. The monoisotopic (exact) mass is 453 g/mol. The van der Waals surface area contributed by atoms with Gasteiger partial charge in [0, 0.05) is 16.2 Å². The third-order valence-corrected chi connectivity index (χ3v) is 4.18. The standard InChI is InChI=1S/C19H15BrF3N3O2/c20-15-6-4-13(5-7-15)10-26-11-16(9-24-26)25-18(27)14-2-1-3-17(8-14)28-12-19(21,22)23/h1-9,11H,10,12H2,(H,25,27). The van der Waals surface area contributed by atoms with Crippen molar-refractivity contribution in [2.75, 3.05) is 11.9 Å². The smallest absolute Gasteiger partial charge is 0.422 e. The Hall–Kier alpha value is -2.81. The van der Waals surface area contributed by atoms with Gasteiger partial charge in [-0.05, 0) is 35.9 Å². The quantitative estimate of drug-likeness (QED) is 0.578. The average Bonchev–Trinajstić information content (AvgIpc) is 3.08. The summed E-state index contributed by atoms with van der Waals surface area (Å²) in [6, 6.07) is 13.3.